The van der Waals surface area contributed by atoms with Gasteiger partial charge in [-0.1, -0.05) is 39.8 Å². The molecule has 2 aromatic rings. The number of aromatic hydroxyl groups is 1. The molecule has 2 fully saturated rings. The molecule has 1 aromatic carbocycles. The molecule has 51 heteroatoms. The van der Waals surface area contributed by atoms with E-state index in [1.54, 1.807) is 34.0 Å². The van der Waals surface area contributed by atoms with Crippen LogP contribution in [0.3, 0.4) is 0 Å². The summed E-state index contributed by atoms with van der Waals surface area (Å²) in [4.78, 5) is 285. The third-order valence-corrected chi connectivity index (χ3v) is 22.4. The molecule has 50 nitrogen and oxygen atoms in total. The van der Waals surface area contributed by atoms with Gasteiger partial charge in [-0.05, 0) is 166 Å². The van der Waals surface area contributed by atoms with E-state index in [0.29, 0.717) is 19.3 Å². The number of carboxylic acids is 3. The Morgan fingerprint density at radius 2 is 0.919 bits per heavy atom. The fourth-order valence-electron chi connectivity index (χ4n) is 14.5. The van der Waals surface area contributed by atoms with Crippen LogP contribution in [-0.4, -0.2) is 328 Å². The lowest BCUT2D eigenvalue weighted by Gasteiger charge is -2.33. The van der Waals surface area contributed by atoms with Crippen molar-refractivity contribution in [2.24, 2.45) is 34.8 Å². The minimum absolute atomic E-state index is 0.0189. The summed E-state index contributed by atoms with van der Waals surface area (Å²) < 4.78 is 0. The maximum atomic E-state index is 14.7. The van der Waals surface area contributed by atoms with Crippen LogP contribution in [0, 0.1) is 17.2 Å². The van der Waals surface area contributed by atoms with E-state index in [-0.39, 0.29) is 125 Å². The van der Waals surface area contributed by atoms with Gasteiger partial charge in [0.25, 0.3) is 0 Å². The number of aliphatic hydroxyl groups excluding tert-OH is 2. The number of nitrogens with two attached hydrogens (primary N) is 4. The number of hydrogen-bond donors (Lipinski definition) is 27. The van der Waals surface area contributed by atoms with E-state index in [1.165, 1.54) is 72.2 Å². The van der Waals surface area contributed by atoms with Crippen molar-refractivity contribution < 1.29 is 127 Å². The molecule has 3 heterocycles. The zero-order chi connectivity index (χ0) is 101. The summed E-state index contributed by atoms with van der Waals surface area (Å²) in [5.41, 5.74) is 22.5. The number of aliphatic hydroxyl groups is 2. The summed E-state index contributed by atoms with van der Waals surface area (Å²) in [7, 11) is 0. The monoisotopic (exact) mass is 1930 g/mol. The molecule has 2 aliphatic rings. The molecule has 31 N–H and O–H groups in total. The summed E-state index contributed by atoms with van der Waals surface area (Å²) in [6.07, 6.45) is -2.01. The van der Waals surface area contributed by atoms with E-state index >= 15 is 0 Å². The van der Waals surface area contributed by atoms with Gasteiger partial charge in [-0.2, -0.15) is 11.8 Å². The summed E-state index contributed by atoms with van der Waals surface area (Å²) in [6.45, 7) is 13.2. The minimum Gasteiger partial charge on any atom is -0.508 e. The smallest absolute Gasteiger partial charge is 0.326 e. The summed E-state index contributed by atoms with van der Waals surface area (Å²) in [5.74, 6) is -23.2. The quantitative estimate of drug-likeness (QED) is 0.0166. The van der Waals surface area contributed by atoms with Crippen molar-refractivity contribution in [2.45, 2.75) is 293 Å². The first kappa shape index (κ1) is 114. The van der Waals surface area contributed by atoms with Crippen molar-refractivity contribution in [2.75, 3.05) is 38.2 Å². The van der Waals surface area contributed by atoms with Crippen molar-refractivity contribution in [1.82, 2.24) is 99.5 Å². The van der Waals surface area contributed by atoms with Gasteiger partial charge in [0.1, 0.15) is 102 Å². The Morgan fingerprint density at radius 1 is 0.489 bits per heavy atom. The SMILES string of the molecule is CSCC[C@H](NC(=O)[C@H](Cc1c[nH]cn1)NC(=O)[C@H](CC(C)C)NC(=O)[C@H](C)NC(=O)[C@H](CC(=O)O)NC(=O)[C@H](Cc1ccc(O)cc1)NC(=O)[C@@H](NC(=O)[C@H](CC(=O)O)NC(=O)[C@H](CCCCN)NC(=O)[C@@H](NC(=O)[C@H](C)N)[C@@H](C)O)[C@@H](C)O)C(=O)N[C@@H](CCC(N)=O)C(=O)N[C@@H](C)C(=O)N[C@@H](CC(C)C)C(=O)N1CCC[C@H]1C(=O)N1CCC[C@H]1C(=O)N[C@@H](CCCNC(=N)N)C(=O)O. The third-order valence-electron chi connectivity index (χ3n) is 21.7. The number of primary amides is 1. The zero-order valence-corrected chi connectivity index (χ0v) is 78.1. The Hall–Kier alpha value is -12.9. The number of thioether (sulfide) groups is 1. The average molecular weight is 1930 g/mol. The molecule has 0 aliphatic carbocycles. The molecule has 752 valence electrons. The average Bonchev–Trinajstić information content (AvgIpc) is 1.66. The number of imidazole rings is 1. The van der Waals surface area contributed by atoms with Crippen LogP contribution < -0.4 is 103 Å². The molecule has 0 saturated carbocycles. The number of phenolic OH excluding ortho intramolecular Hbond substituents is 1. The molecule has 4 rings (SSSR count). The van der Waals surface area contributed by atoms with E-state index < -0.39 is 271 Å². The fourth-order valence-corrected chi connectivity index (χ4v) is 15.0. The highest BCUT2D eigenvalue weighted by molar-refractivity contribution is 7.98. The Bertz CT molecular complexity index is 4430. The van der Waals surface area contributed by atoms with Crippen LogP contribution >= 0.6 is 11.8 Å². The Morgan fingerprint density at radius 3 is 1.41 bits per heavy atom. The number of carboxylic acid groups (broad SMARTS) is 3. The lowest BCUT2D eigenvalue weighted by molar-refractivity contribution is -0.149. The van der Waals surface area contributed by atoms with Gasteiger partial charge in [-0.3, -0.25) is 96.5 Å². The van der Waals surface area contributed by atoms with Crippen LogP contribution in [-0.2, 0) is 109 Å². The lowest BCUT2D eigenvalue weighted by Crippen LogP contribution is -2.62. The number of aromatic amines is 1. The number of benzene rings is 1. The number of nitrogens with zero attached hydrogens (tertiary/aromatic N) is 3. The predicted octanol–water partition coefficient (Wildman–Crippen LogP) is -7.64. The van der Waals surface area contributed by atoms with Crippen LogP contribution in [0.1, 0.15) is 176 Å². The fraction of sp³-hybridized carbons (Fsp3) is 0.643. The number of phenols is 1. The first-order valence-electron chi connectivity index (χ1n) is 44.4. The second-order valence-electron chi connectivity index (χ2n) is 34.2. The van der Waals surface area contributed by atoms with Crippen LogP contribution in [0.4, 0.5) is 0 Å². The largest absolute Gasteiger partial charge is 0.508 e. The normalized spacial score (nSPS) is 17.3. The van der Waals surface area contributed by atoms with Crippen LogP contribution in [0.5, 0.6) is 5.75 Å². The highest BCUT2D eigenvalue weighted by atomic mass is 32.2. The second kappa shape index (κ2) is 57.0. The highest BCUT2D eigenvalue weighted by Gasteiger charge is 2.46. The molecule has 0 bridgehead atoms. The molecule has 0 spiro atoms. The molecule has 2 saturated heterocycles. The van der Waals surface area contributed by atoms with Gasteiger partial charge < -0.3 is 148 Å². The Balaban J connectivity index is 1.55. The Labute approximate surface area is 783 Å². The number of H-pyrrole nitrogens is 1. The van der Waals surface area contributed by atoms with Gasteiger partial charge >= 0.3 is 17.9 Å². The van der Waals surface area contributed by atoms with Gasteiger partial charge in [0.2, 0.25) is 100 Å². The number of guanidine groups is 1. The van der Waals surface area contributed by atoms with Crippen molar-refractivity contribution >= 4 is 136 Å². The Kier molecular flexibility index (Phi) is 48.3. The molecular formula is C84H134N24O26S. The standard InChI is InChI=1S/C84H134N24O26S/c1-40(2)32-54(99-68(118)43(6)94-73(123)57(36-63(113)114)102-75(125)55(34-47-20-22-49(111)23-21-47)103-80(130)66(46(9)110)106-77(127)58(37-64(115)116)101-71(121)50(16-11-12-27-85)97-79(129)65(45(8)109)105-67(117)42(5)86)74(124)100-56(35-48-38-90-39-92-48)76(126)96-52(26-31-135-10)72(122)95-51(24-25-62(87)112)70(120)93-44(7)69(119)104-59(33-41(3)4)81(131)108-30-15-19-61(108)82(132)107-29-14-18-60(107)78(128)98-53(83(133)134)17-13-28-91-84(88)89/h20-23,38-46,50-61,65-66,109-111H,11-19,24-37,85-86H2,1-10H3,(H2,87,112)(H,90,92)(H,93,120)(H,94,123)(H,95,122)(H,96,126)(H,97,129)(H,98,128)(H,99,118)(H,100,124)(H,101,121)(H,102,125)(H,103,130)(H,104,119)(H,105,117)(H,106,127)(H,113,114)(H,115,116)(H,133,134)(H4,88,89,91)/t42-,43-,44-,45+,46+,50-,51-,52-,53-,54-,55-,56-,57-,58-,59-,60-,61-,65-,66-/m0/s1. The number of likely N-dealkylation sites (tertiary alicyclic amines) is 2. The first-order chi connectivity index (χ1) is 63.5. The number of nitrogens with one attached hydrogen (secondary N) is 17. The van der Waals surface area contributed by atoms with Crippen molar-refractivity contribution in [1.29, 1.82) is 5.41 Å². The number of rotatable bonds is 59. The molecule has 2 aliphatic heterocycles. The number of amides is 17. The number of carbonyl (C=O) groups excluding carboxylic acids is 17. The van der Waals surface area contributed by atoms with Crippen molar-refractivity contribution in [3.05, 3.63) is 48.0 Å². The first-order valence-corrected chi connectivity index (χ1v) is 45.8. The van der Waals surface area contributed by atoms with E-state index in [9.17, 15) is 127 Å². The van der Waals surface area contributed by atoms with Gasteiger partial charge in [0.15, 0.2) is 5.96 Å². The van der Waals surface area contributed by atoms with E-state index in [0.717, 1.165) is 20.8 Å². The number of unbranched alkanes of at least 4 members (excludes halogenated alkanes) is 1. The maximum absolute atomic E-state index is 14.7. The molecular weight excluding hydrogens is 1790 g/mol. The third kappa shape index (κ3) is 39.3. The molecule has 0 radical (unpaired) electrons. The number of aromatic nitrogens is 2. The highest BCUT2D eigenvalue weighted by Crippen LogP contribution is 2.28. The van der Waals surface area contributed by atoms with Gasteiger partial charge in [-0.25, -0.2) is 9.78 Å². The topological polar surface area (TPSA) is 806 Å². The van der Waals surface area contributed by atoms with Crippen LogP contribution in [0.25, 0.3) is 0 Å². The minimum atomic E-state index is -2.12. The second-order valence-corrected chi connectivity index (χ2v) is 35.2. The molecule has 1 aromatic heterocycles. The zero-order valence-electron chi connectivity index (χ0n) is 77.3. The number of carbonyl (C=O) groups is 20. The molecule has 135 heavy (non-hydrogen) atoms. The molecule has 19 atom stereocenters. The summed E-state index contributed by atoms with van der Waals surface area (Å²) in [5, 5.41) is 105. The van der Waals surface area contributed by atoms with Gasteiger partial charge in [-0.15, -0.1) is 0 Å². The van der Waals surface area contributed by atoms with Crippen LogP contribution in [0.15, 0.2) is 36.8 Å². The predicted molar refractivity (Wildman–Crippen MR) is 483 cm³/mol. The summed E-state index contributed by atoms with van der Waals surface area (Å²) in [6, 6.07) is -21.9. The van der Waals surface area contributed by atoms with E-state index in [2.05, 4.69) is 89.7 Å². The van der Waals surface area contributed by atoms with Crippen molar-refractivity contribution in [3.8, 4) is 5.75 Å². The van der Waals surface area contributed by atoms with Crippen molar-refractivity contribution in [3.63, 3.8) is 0 Å². The van der Waals surface area contributed by atoms with E-state index in [1.807, 2.05) is 0 Å². The maximum Gasteiger partial charge on any atom is 0.326 e. The van der Waals surface area contributed by atoms with E-state index in [4.69, 9.17) is 28.3 Å². The number of aliphatic carboxylic acids is 3. The molecule has 0 unspecified atom stereocenters. The van der Waals surface area contributed by atoms with Crippen LogP contribution in [0.2, 0.25) is 0 Å². The number of hydrogen-bond acceptors (Lipinski definition) is 28. The van der Waals surface area contributed by atoms with Gasteiger partial charge in [0, 0.05) is 45.1 Å². The lowest BCUT2D eigenvalue weighted by atomic mass is 10.0. The summed E-state index contributed by atoms with van der Waals surface area (Å²) >= 11 is 1.25. The molecule has 17 amide bonds. The van der Waals surface area contributed by atoms with Gasteiger partial charge in [0.05, 0.1) is 43.1 Å².